The van der Waals surface area contributed by atoms with Gasteiger partial charge in [-0.25, -0.2) is 9.97 Å². The summed E-state index contributed by atoms with van der Waals surface area (Å²) in [6.45, 7) is 9.48. The van der Waals surface area contributed by atoms with Crippen molar-refractivity contribution in [2.75, 3.05) is 69.3 Å². The lowest BCUT2D eigenvalue weighted by atomic mass is 10.1. The minimum atomic E-state index is 0.0120. The van der Waals surface area contributed by atoms with E-state index in [1.165, 1.54) is 5.69 Å². The summed E-state index contributed by atoms with van der Waals surface area (Å²) in [4.78, 5) is 42.6. The number of piperazine rings is 2. The molecule has 210 valence electrons. The normalized spacial score (nSPS) is 15.8. The van der Waals surface area contributed by atoms with Gasteiger partial charge in [0.15, 0.2) is 5.16 Å². The van der Waals surface area contributed by atoms with Crippen LogP contribution in [0.3, 0.4) is 0 Å². The molecule has 0 bridgehead atoms. The molecule has 0 aliphatic carbocycles. The first-order valence-electron chi connectivity index (χ1n) is 13.7. The van der Waals surface area contributed by atoms with Gasteiger partial charge in [-0.05, 0) is 48.9 Å². The van der Waals surface area contributed by atoms with Crippen molar-refractivity contribution in [1.29, 1.82) is 0 Å². The Bertz CT molecular complexity index is 1340. The van der Waals surface area contributed by atoms with Crippen LogP contribution in [-0.2, 0) is 10.5 Å². The average molecular weight is 561 g/mol. The Morgan fingerprint density at radius 2 is 1.52 bits per heavy atom. The highest BCUT2D eigenvalue weighted by Gasteiger charge is 2.24. The van der Waals surface area contributed by atoms with Gasteiger partial charge in [-0.1, -0.05) is 23.9 Å². The number of benzene rings is 2. The van der Waals surface area contributed by atoms with Crippen LogP contribution in [-0.4, -0.2) is 91.0 Å². The number of aryl methyl sites for hydroxylation is 1. The van der Waals surface area contributed by atoms with Crippen molar-refractivity contribution >= 4 is 35.1 Å². The van der Waals surface area contributed by atoms with Crippen molar-refractivity contribution in [2.45, 2.75) is 24.8 Å². The molecule has 3 heterocycles. The highest BCUT2D eigenvalue weighted by Crippen LogP contribution is 2.26. The lowest BCUT2D eigenvalue weighted by Crippen LogP contribution is -2.50. The molecule has 40 heavy (non-hydrogen) atoms. The van der Waals surface area contributed by atoms with Crippen LogP contribution < -0.4 is 14.5 Å². The average Bonchev–Trinajstić information content (AvgIpc) is 3.00. The molecule has 2 aromatic carbocycles. The summed E-state index contributed by atoms with van der Waals surface area (Å²) < 4.78 is 5.28. The fourth-order valence-corrected chi connectivity index (χ4v) is 5.93. The van der Waals surface area contributed by atoms with Gasteiger partial charge < -0.3 is 24.3 Å². The van der Waals surface area contributed by atoms with Crippen molar-refractivity contribution in [1.82, 2.24) is 19.8 Å². The van der Waals surface area contributed by atoms with Gasteiger partial charge in [-0.15, -0.1) is 0 Å². The van der Waals surface area contributed by atoms with Crippen LogP contribution in [0.4, 0.5) is 11.5 Å². The molecule has 0 N–H and O–H groups in total. The van der Waals surface area contributed by atoms with Crippen molar-refractivity contribution < 1.29 is 14.3 Å². The van der Waals surface area contributed by atoms with Gasteiger partial charge in [-0.3, -0.25) is 9.59 Å². The quantitative estimate of drug-likeness (QED) is 0.320. The summed E-state index contributed by atoms with van der Waals surface area (Å²) in [5, 5.41) is 0.740. The van der Waals surface area contributed by atoms with Gasteiger partial charge in [0.1, 0.15) is 11.6 Å². The predicted molar refractivity (Wildman–Crippen MR) is 158 cm³/mol. The zero-order chi connectivity index (χ0) is 28.1. The predicted octanol–water partition coefficient (Wildman–Crippen LogP) is 3.72. The molecule has 5 rings (SSSR count). The molecule has 2 fully saturated rings. The molecule has 1 aromatic heterocycles. The van der Waals surface area contributed by atoms with E-state index in [1.807, 2.05) is 48.2 Å². The van der Waals surface area contributed by atoms with Crippen LogP contribution in [0.25, 0.3) is 0 Å². The molecular formula is C30H36N6O3S. The van der Waals surface area contributed by atoms with Gasteiger partial charge in [0.05, 0.1) is 7.11 Å². The third-order valence-electron chi connectivity index (χ3n) is 7.42. The highest BCUT2D eigenvalue weighted by atomic mass is 32.2. The number of hydrogen-bond acceptors (Lipinski definition) is 8. The van der Waals surface area contributed by atoms with Crippen LogP contribution in [0.5, 0.6) is 5.75 Å². The van der Waals surface area contributed by atoms with E-state index in [1.54, 1.807) is 30.7 Å². The van der Waals surface area contributed by atoms with Gasteiger partial charge >= 0.3 is 0 Å². The molecule has 2 aliphatic heterocycles. The second kappa shape index (κ2) is 12.6. The standard InChI is InChI=1S/C30H36N6O3S/c1-22-19-28(35-15-13-34(14-16-35)26-7-9-27(39-3)10-8-26)32-30(31-22)40-21-24-5-4-6-25(20-24)29(38)36-17-11-33(12-18-36)23(2)37/h4-10,19-20H,11-18,21H2,1-3H3. The Kier molecular flexibility index (Phi) is 8.74. The maximum Gasteiger partial charge on any atom is 0.253 e. The molecule has 2 saturated heterocycles. The molecule has 0 radical (unpaired) electrons. The minimum Gasteiger partial charge on any atom is -0.497 e. The van der Waals surface area contributed by atoms with E-state index in [9.17, 15) is 9.59 Å². The van der Waals surface area contributed by atoms with E-state index in [4.69, 9.17) is 9.72 Å². The molecule has 10 heteroatoms. The van der Waals surface area contributed by atoms with E-state index in [-0.39, 0.29) is 11.8 Å². The zero-order valence-corrected chi connectivity index (χ0v) is 24.2. The number of amides is 2. The van der Waals surface area contributed by atoms with E-state index >= 15 is 0 Å². The van der Waals surface area contributed by atoms with E-state index in [0.717, 1.165) is 54.2 Å². The van der Waals surface area contributed by atoms with Crippen molar-refractivity contribution in [3.8, 4) is 5.75 Å². The highest BCUT2D eigenvalue weighted by molar-refractivity contribution is 7.98. The molecule has 0 saturated carbocycles. The van der Waals surface area contributed by atoms with Gasteiger partial charge in [0, 0.05) is 88.0 Å². The fourth-order valence-electron chi connectivity index (χ4n) is 5.09. The first-order valence-corrected chi connectivity index (χ1v) is 14.6. The number of ether oxygens (including phenoxy) is 1. The van der Waals surface area contributed by atoms with E-state index < -0.39 is 0 Å². The molecule has 0 spiro atoms. The third-order valence-corrected chi connectivity index (χ3v) is 8.33. The Balaban J connectivity index is 1.18. The number of hydrogen-bond donors (Lipinski definition) is 0. The molecule has 3 aromatic rings. The zero-order valence-electron chi connectivity index (χ0n) is 23.4. The molecule has 2 aliphatic rings. The number of methoxy groups -OCH3 is 1. The smallest absolute Gasteiger partial charge is 0.253 e. The van der Waals surface area contributed by atoms with Gasteiger partial charge in [0.25, 0.3) is 5.91 Å². The maximum atomic E-state index is 13.1. The van der Waals surface area contributed by atoms with Gasteiger partial charge in [-0.2, -0.15) is 0 Å². The van der Waals surface area contributed by atoms with E-state index in [0.29, 0.717) is 37.5 Å². The monoisotopic (exact) mass is 560 g/mol. The van der Waals surface area contributed by atoms with Crippen molar-refractivity contribution in [2.24, 2.45) is 0 Å². The summed E-state index contributed by atoms with van der Waals surface area (Å²) in [5.74, 6) is 2.57. The number of nitrogens with zero attached hydrogens (tertiary/aromatic N) is 6. The van der Waals surface area contributed by atoms with Crippen LogP contribution in [0.2, 0.25) is 0 Å². The lowest BCUT2D eigenvalue weighted by molar-refractivity contribution is -0.130. The number of carbonyl (C=O) groups excluding carboxylic acids is 2. The maximum absolute atomic E-state index is 13.1. The summed E-state index contributed by atoms with van der Waals surface area (Å²) in [5.41, 5.74) is 3.88. The number of aromatic nitrogens is 2. The number of rotatable bonds is 7. The fraction of sp³-hybridized carbons (Fsp3) is 0.400. The van der Waals surface area contributed by atoms with E-state index in [2.05, 4.69) is 33.0 Å². The molecule has 9 nitrogen and oxygen atoms in total. The second-order valence-electron chi connectivity index (χ2n) is 10.1. The SMILES string of the molecule is COc1ccc(N2CCN(c3cc(C)nc(SCc4cccc(C(=O)N5CCN(C(C)=O)CC5)c4)n3)CC2)cc1. The Morgan fingerprint density at radius 3 is 2.20 bits per heavy atom. The van der Waals surface area contributed by atoms with Crippen molar-refractivity contribution in [3.63, 3.8) is 0 Å². The molecule has 0 unspecified atom stereocenters. The minimum absolute atomic E-state index is 0.0120. The molecular weight excluding hydrogens is 524 g/mol. The summed E-state index contributed by atoms with van der Waals surface area (Å²) >= 11 is 1.59. The number of thioether (sulfide) groups is 1. The summed E-state index contributed by atoms with van der Waals surface area (Å²) in [7, 11) is 1.68. The Morgan fingerprint density at radius 1 is 0.850 bits per heavy atom. The summed E-state index contributed by atoms with van der Waals surface area (Å²) in [6.07, 6.45) is 0. The molecule has 0 atom stereocenters. The Hall–Kier alpha value is -3.79. The Labute approximate surface area is 240 Å². The lowest BCUT2D eigenvalue weighted by Gasteiger charge is -2.36. The van der Waals surface area contributed by atoms with Gasteiger partial charge in [0.2, 0.25) is 5.91 Å². The van der Waals surface area contributed by atoms with Crippen LogP contribution >= 0.6 is 11.8 Å². The molecule has 2 amide bonds. The first kappa shape index (κ1) is 27.8. The number of anilines is 2. The number of carbonyl (C=O) groups is 2. The van der Waals surface area contributed by atoms with Crippen LogP contribution in [0, 0.1) is 6.92 Å². The third kappa shape index (κ3) is 6.67. The second-order valence-corrected chi connectivity index (χ2v) is 11.1. The summed E-state index contributed by atoms with van der Waals surface area (Å²) in [6, 6.07) is 18.1. The first-order chi connectivity index (χ1) is 19.4. The largest absolute Gasteiger partial charge is 0.497 e. The topological polar surface area (TPSA) is 82.1 Å². The van der Waals surface area contributed by atoms with Crippen LogP contribution in [0.15, 0.2) is 59.8 Å². The van der Waals surface area contributed by atoms with Crippen LogP contribution in [0.1, 0.15) is 28.5 Å². The van der Waals surface area contributed by atoms with Crippen molar-refractivity contribution in [3.05, 3.63) is 71.4 Å².